The average molecular weight is 269 g/mol. The molecule has 96 valence electrons. The fraction of sp³-hybridized carbons (Fsp3) is 0.333. The molecule has 6 heteroatoms. The molecule has 1 fully saturated rings. The third-order valence-corrected chi connectivity index (χ3v) is 3.15. The van der Waals surface area contributed by atoms with Crippen LogP contribution in [-0.2, 0) is 9.53 Å². The average Bonchev–Trinajstić information content (AvgIpc) is 2.68. The summed E-state index contributed by atoms with van der Waals surface area (Å²) >= 11 is 5.91. The molecule has 18 heavy (non-hydrogen) atoms. The van der Waals surface area contributed by atoms with Crippen LogP contribution < -0.4 is 10.6 Å². The number of methoxy groups -OCH3 is 1. The number of carbonyl (C=O) groups is 2. The lowest BCUT2D eigenvalue weighted by Gasteiger charge is -2.17. The number of benzene rings is 1. The fourth-order valence-corrected chi connectivity index (χ4v) is 2.13. The van der Waals surface area contributed by atoms with E-state index in [1.54, 1.807) is 23.1 Å². The Morgan fingerprint density at radius 1 is 1.56 bits per heavy atom. The summed E-state index contributed by atoms with van der Waals surface area (Å²) in [4.78, 5) is 24.8. The monoisotopic (exact) mass is 268 g/mol. The van der Waals surface area contributed by atoms with Crippen molar-refractivity contribution >= 4 is 29.2 Å². The highest BCUT2D eigenvalue weighted by Crippen LogP contribution is 2.26. The second-order valence-electron chi connectivity index (χ2n) is 4.12. The van der Waals surface area contributed by atoms with Crippen LogP contribution in [0.2, 0.25) is 5.02 Å². The molecule has 1 aromatic rings. The maximum Gasteiger partial charge on any atom is 0.339 e. The van der Waals surface area contributed by atoms with Gasteiger partial charge in [0.25, 0.3) is 0 Å². The maximum atomic E-state index is 11.7. The van der Waals surface area contributed by atoms with E-state index in [-0.39, 0.29) is 17.5 Å². The zero-order chi connectivity index (χ0) is 13.3. The smallest absolute Gasteiger partial charge is 0.339 e. The Balaban J connectivity index is 2.35. The summed E-state index contributed by atoms with van der Waals surface area (Å²) in [6.45, 7) is 0.446. The van der Waals surface area contributed by atoms with Crippen molar-refractivity contribution in [3.63, 3.8) is 0 Å². The second kappa shape index (κ2) is 4.96. The Kier molecular flexibility index (Phi) is 3.54. The van der Waals surface area contributed by atoms with Gasteiger partial charge >= 0.3 is 5.97 Å². The number of anilines is 1. The van der Waals surface area contributed by atoms with Gasteiger partial charge in [-0.25, -0.2) is 4.79 Å². The van der Waals surface area contributed by atoms with Gasteiger partial charge in [-0.1, -0.05) is 11.6 Å². The highest BCUT2D eigenvalue weighted by Gasteiger charge is 2.28. The lowest BCUT2D eigenvalue weighted by atomic mass is 10.2. The molecule has 1 aromatic carbocycles. The first-order valence-corrected chi connectivity index (χ1v) is 5.84. The topological polar surface area (TPSA) is 72.6 Å². The number of nitrogens with two attached hydrogens (primary N) is 1. The van der Waals surface area contributed by atoms with E-state index in [1.165, 1.54) is 7.11 Å². The Bertz CT molecular complexity index is 504. The summed E-state index contributed by atoms with van der Waals surface area (Å²) in [5.74, 6) is -0.585. The number of hydrogen-bond donors (Lipinski definition) is 1. The van der Waals surface area contributed by atoms with Crippen molar-refractivity contribution < 1.29 is 14.3 Å². The molecule has 5 nitrogen and oxygen atoms in total. The second-order valence-corrected chi connectivity index (χ2v) is 4.53. The number of amides is 1. The van der Waals surface area contributed by atoms with Crippen LogP contribution in [0.15, 0.2) is 18.2 Å². The molecule has 1 saturated heterocycles. The van der Waals surface area contributed by atoms with Crippen LogP contribution in [0, 0.1) is 0 Å². The normalized spacial score (nSPS) is 19.2. The van der Waals surface area contributed by atoms with Crippen molar-refractivity contribution in [2.45, 2.75) is 12.5 Å². The zero-order valence-electron chi connectivity index (χ0n) is 9.85. The lowest BCUT2D eigenvalue weighted by Crippen LogP contribution is -2.28. The largest absolute Gasteiger partial charge is 0.465 e. The number of rotatable bonds is 2. The van der Waals surface area contributed by atoms with Gasteiger partial charge in [-0.2, -0.15) is 0 Å². The van der Waals surface area contributed by atoms with Crippen LogP contribution in [0.25, 0.3) is 0 Å². The van der Waals surface area contributed by atoms with Crippen LogP contribution >= 0.6 is 11.6 Å². The van der Waals surface area contributed by atoms with E-state index in [4.69, 9.17) is 17.3 Å². The summed E-state index contributed by atoms with van der Waals surface area (Å²) in [6.07, 6.45) is 0.316. The van der Waals surface area contributed by atoms with Crippen LogP contribution in [0.5, 0.6) is 0 Å². The Hall–Kier alpha value is -1.59. The van der Waals surface area contributed by atoms with Crippen molar-refractivity contribution in [3.05, 3.63) is 28.8 Å². The van der Waals surface area contributed by atoms with E-state index >= 15 is 0 Å². The number of carbonyl (C=O) groups excluding carboxylic acids is 2. The predicted octanol–water partition coefficient (Wildman–Crippen LogP) is 1.19. The summed E-state index contributed by atoms with van der Waals surface area (Å²) in [5.41, 5.74) is 6.58. The Labute approximate surface area is 109 Å². The molecule has 2 N–H and O–H groups in total. The molecule has 1 unspecified atom stereocenters. The summed E-state index contributed by atoms with van der Waals surface area (Å²) in [6, 6.07) is 4.63. The van der Waals surface area contributed by atoms with E-state index in [1.807, 2.05) is 0 Å². The van der Waals surface area contributed by atoms with Gasteiger partial charge in [0.1, 0.15) is 0 Å². The highest BCUT2D eigenvalue weighted by molar-refractivity contribution is 6.33. The zero-order valence-corrected chi connectivity index (χ0v) is 10.6. The first-order valence-electron chi connectivity index (χ1n) is 5.46. The van der Waals surface area contributed by atoms with E-state index in [2.05, 4.69) is 4.74 Å². The van der Waals surface area contributed by atoms with E-state index in [0.717, 1.165) is 0 Å². The van der Waals surface area contributed by atoms with Gasteiger partial charge in [0.2, 0.25) is 5.91 Å². The van der Waals surface area contributed by atoms with Gasteiger partial charge in [-0.3, -0.25) is 4.79 Å². The van der Waals surface area contributed by atoms with Crippen LogP contribution in [0.3, 0.4) is 0 Å². The fourth-order valence-electron chi connectivity index (χ4n) is 1.93. The van der Waals surface area contributed by atoms with Gasteiger partial charge in [0.15, 0.2) is 0 Å². The molecule has 0 aromatic heterocycles. The molecule has 1 aliphatic heterocycles. The van der Waals surface area contributed by atoms with Crippen molar-refractivity contribution in [2.75, 3.05) is 18.6 Å². The quantitative estimate of drug-likeness (QED) is 0.818. The first kappa shape index (κ1) is 12.9. The SMILES string of the molecule is COC(=O)c1cc(N2CC(N)CC2=O)ccc1Cl. The molecule has 0 spiro atoms. The predicted molar refractivity (Wildman–Crippen MR) is 67.7 cm³/mol. The number of esters is 1. The van der Waals surface area contributed by atoms with Gasteiger partial charge < -0.3 is 15.4 Å². The van der Waals surface area contributed by atoms with Crippen molar-refractivity contribution in [3.8, 4) is 0 Å². The minimum atomic E-state index is -0.530. The molecule has 0 aliphatic carbocycles. The highest BCUT2D eigenvalue weighted by atomic mass is 35.5. The summed E-state index contributed by atoms with van der Waals surface area (Å²) in [7, 11) is 1.28. The number of halogens is 1. The maximum absolute atomic E-state index is 11.7. The molecule has 0 bridgehead atoms. The molecular weight excluding hydrogens is 256 g/mol. The van der Waals surface area contributed by atoms with Gasteiger partial charge in [0, 0.05) is 24.7 Å². The molecule has 0 saturated carbocycles. The molecular formula is C12H13ClN2O3. The van der Waals surface area contributed by atoms with Crippen molar-refractivity contribution in [1.29, 1.82) is 0 Å². The molecule has 1 heterocycles. The van der Waals surface area contributed by atoms with Crippen LogP contribution in [0.1, 0.15) is 16.8 Å². The Morgan fingerprint density at radius 2 is 2.28 bits per heavy atom. The third kappa shape index (κ3) is 2.32. The lowest BCUT2D eigenvalue weighted by molar-refractivity contribution is -0.117. The first-order chi connectivity index (χ1) is 8.52. The van der Waals surface area contributed by atoms with Gasteiger partial charge in [-0.15, -0.1) is 0 Å². The molecule has 0 radical (unpaired) electrons. The third-order valence-electron chi connectivity index (χ3n) is 2.82. The van der Waals surface area contributed by atoms with Gasteiger partial charge in [0.05, 0.1) is 17.7 Å². The number of hydrogen-bond acceptors (Lipinski definition) is 4. The number of nitrogens with zero attached hydrogens (tertiary/aromatic N) is 1. The van der Waals surface area contributed by atoms with E-state index in [0.29, 0.717) is 23.7 Å². The van der Waals surface area contributed by atoms with Crippen LogP contribution in [0.4, 0.5) is 5.69 Å². The summed E-state index contributed by atoms with van der Waals surface area (Å²) < 4.78 is 4.63. The van der Waals surface area contributed by atoms with Crippen LogP contribution in [-0.4, -0.2) is 31.6 Å². The molecule has 1 atom stereocenters. The standard InChI is InChI=1S/C12H13ClN2O3/c1-18-12(17)9-5-8(2-3-10(9)13)15-6-7(14)4-11(15)16/h2-3,5,7H,4,6,14H2,1H3. The minimum Gasteiger partial charge on any atom is -0.465 e. The van der Waals surface area contributed by atoms with Crippen molar-refractivity contribution in [2.24, 2.45) is 5.73 Å². The summed E-state index contributed by atoms with van der Waals surface area (Å²) in [5, 5.41) is 0.293. The molecule has 1 aliphatic rings. The van der Waals surface area contributed by atoms with Gasteiger partial charge in [-0.05, 0) is 18.2 Å². The molecule has 1 amide bonds. The minimum absolute atomic E-state index is 0.0550. The van der Waals surface area contributed by atoms with Crippen molar-refractivity contribution in [1.82, 2.24) is 0 Å². The molecule has 2 rings (SSSR count). The van der Waals surface area contributed by atoms with E-state index < -0.39 is 5.97 Å². The number of ether oxygens (including phenoxy) is 1. The van der Waals surface area contributed by atoms with E-state index in [9.17, 15) is 9.59 Å². The Morgan fingerprint density at radius 3 is 2.83 bits per heavy atom.